The molecule has 13 heavy (non-hydrogen) atoms. The third kappa shape index (κ3) is 1.73. The quantitative estimate of drug-likeness (QED) is 0.750. The normalized spacial score (nSPS) is 28.5. The Kier molecular flexibility index (Phi) is 2.08. The molecule has 1 heterocycles. The summed E-state index contributed by atoms with van der Waals surface area (Å²) in [5.41, 5.74) is 2.08. The fraction of sp³-hybridized carbons (Fsp3) is 0.545. The van der Waals surface area contributed by atoms with Gasteiger partial charge in [-0.25, -0.2) is 0 Å². The molecule has 1 aromatic rings. The van der Waals surface area contributed by atoms with E-state index >= 15 is 0 Å². The van der Waals surface area contributed by atoms with Crippen molar-refractivity contribution in [2.45, 2.75) is 26.4 Å². The second kappa shape index (κ2) is 3.11. The number of nitrogens with zero attached hydrogens (tertiary/aromatic N) is 1. The van der Waals surface area contributed by atoms with Crippen LogP contribution < -0.4 is 0 Å². The standard InChI is InChI=1S/C11H15NO/c1-7-3-9(6-12-5-7)11(13)10-4-8(10)2/h3,5-6,8,10-11,13H,4H2,1-2H3. The van der Waals surface area contributed by atoms with Crippen LogP contribution in [0.5, 0.6) is 0 Å². The minimum atomic E-state index is -0.303. The Morgan fingerprint density at radius 1 is 1.54 bits per heavy atom. The number of aliphatic hydroxyl groups is 1. The van der Waals surface area contributed by atoms with Crippen molar-refractivity contribution in [3.8, 4) is 0 Å². The van der Waals surface area contributed by atoms with E-state index in [1.54, 1.807) is 6.20 Å². The molecule has 0 saturated heterocycles. The van der Waals surface area contributed by atoms with Crippen molar-refractivity contribution in [2.24, 2.45) is 11.8 Å². The molecule has 1 aliphatic carbocycles. The van der Waals surface area contributed by atoms with E-state index in [0.717, 1.165) is 17.5 Å². The van der Waals surface area contributed by atoms with Crippen LogP contribution in [0.15, 0.2) is 18.5 Å². The summed E-state index contributed by atoms with van der Waals surface area (Å²) < 4.78 is 0. The lowest BCUT2D eigenvalue weighted by molar-refractivity contribution is 0.147. The SMILES string of the molecule is Cc1cncc(C(O)C2CC2C)c1. The first-order valence-electron chi connectivity index (χ1n) is 4.78. The van der Waals surface area contributed by atoms with Gasteiger partial charge < -0.3 is 5.11 Å². The fourth-order valence-electron chi connectivity index (χ4n) is 1.78. The van der Waals surface area contributed by atoms with E-state index in [1.165, 1.54) is 0 Å². The molecule has 3 atom stereocenters. The zero-order valence-corrected chi connectivity index (χ0v) is 8.07. The van der Waals surface area contributed by atoms with E-state index in [1.807, 2.05) is 19.2 Å². The van der Waals surface area contributed by atoms with Crippen LogP contribution >= 0.6 is 0 Å². The molecule has 0 aromatic carbocycles. The third-order valence-electron chi connectivity index (χ3n) is 2.81. The maximum absolute atomic E-state index is 9.92. The zero-order valence-electron chi connectivity index (χ0n) is 8.07. The summed E-state index contributed by atoms with van der Waals surface area (Å²) in [4.78, 5) is 4.08. The van der Waals surface area contributed by atoms with Gasteiger partial charge >= 0.3 is 0 Å². The van der Waals surface area contributed by atoms with Crippen LogP contribution in [-0.4, -0.2) is 10.1 Å². The summed E-state index contributed by atoms with van der Waals surface area (Å²) in [6.45, 7) is 4.18. The molecule has 1 N–H and O–H groups in total. The van der Waals surface area contributed by atoms with Gasteiger partial charge in [0.15, 0.2) is 0 Å². The van der Waals surface area contributed by atoms with Gasteiger partial charge in [-0.2, -0.15) is 0 Å². The predicted molar refractivity (Wildman–Crippen MR) is 51.2 cm³/mol. The minimum Gasteiger partial charge on any atom is -0.388 e. The van der Waals surface area contributed by atoms with Crippen molar-refractivity contribution in [3.63, 3.8) is 0 Å². The molecule has 2 rings (SSSR count). The number of aryl methyl sites for hydroxylation is 1. The molecule has 2 nitrogen and oxygen atoms in total. The Balaban J connectivity index is 2.15. The van der Waals surface area contributed by atoms with Gasteiger partial charge in [-0.3, -0.25) is 4.98 Å². The summed E-state index contributed by atoms with van der Waals surface area (Å²) in [6.07, 6.45) is 4.42. The lowest BCUT2D eigenvalue weighted by atomic mass is 10.1. The van der Waals surface area contributed by atoms with E-state index in [2.05, 4.69) is 11.9 Å². The number of hydrogen-bond acceptors (Lipinski definition) is 2. The van der Waals surface area contributed by atoms with Gasteiger partial charge in [-0.15, -0.1) is 0 Å². The average molecular weight is 177 g/mol. The number of aliphatic hydroxyl groups excluding tert-OH is 1. The van der Waals surface area contributed by atoms with Crippen molar-refractivity contribution in [1.29, 1.82) is 0 Å². The van der Waals surface area contributed by atoms with Crippen LogP contribution in [0.2, 0.25) is 0 Å². The Bertz CT molecular complexity index is 311. The Labute approximate surface area is 78.6 Å². The summed E-state index contributed by atoms with van der Waals surface area (Å²) in [6, 6.07) is 2.02. The van der Waals surface area contributed by atoms with E-state index in [4.69, 9.17) is 0 Å². The maximum Gasteiger partial charge on any atom is 0.0835 e. The smallest absolute Gasteiger partial charge is 0.0835 e. The van der Waals surface area contributed by atoms with Crippen LogP contribution in [0.3, 0.4) is 0 Å². The number of aromatic nitrogens is 1. The lowest BCUT2D eigenvalue weighted by Crippen LogP contribution is -2.01. The summed E-state index contributed by atoms with van der Waals surface area (Å²) in [7, 11) is 0. The van der Waals surface area contributed by atoms with Gasteiger partial charge in [0.2, 0.25) is 0 Å². The van der Waals surface area contributed by atoms with Crippen LogP contribution in [0, 0.1) is 18.8 Å². The first-order valence-corrected chi connectivity index (χ1v) is 4.78. The topological polar surface area (TPSA) is 33.1 Å². The molecule has 1 aliphatic rings. The van der Waals surface area contributed by atoms with Crippen LogP contribution in [0.4, 0.5) is 0 Å². The molecule has 0 radical (unpaired) electrons. The zero-order chi connectivity index (χ0) is 9.42. The largest absolute Gasteiger partial charge is 0.388 e. The number of pyridine rings is 1. The molecule has 1 saturated carbocycles. The second-order valence-electron chi connectivity index (χ2n) is 4.12. The molecule has 0 amide bonds. The van der Waals surface area contributed by atoms with Crippen LogP contribution in [0.1, 0.15) is 30.6 Å². The average Bonchev–Trinajstić information content (AvgIpc) is 2.81. The van der Waals surface area contributed by atoms with Crippen molar-refractivity contribution in [3.05, 3.63) is 29.6 Å². The molecule has 2 heteroatoms. The molecule has 1 aromatic heterocycles. The fourth-order valence-corrected chi connectivity index (χ4v) is 1.78. The monoisotopic (exact) mass is 177 g/mol. The third-order valence-corrected chi connectivity index (χ3v) is 2.81. The Morgan fingerprint density at radius 2 is 2.23 bits per heavy atom. The molecular formula is C11H15NO. The Morgan fingerprint density at radius 3 is 2.77 bits per heavy atom. The highest BCUT2D eigenvalue weighted by Crippen LogP contribution is 2.46. The maximum atomic E-state index is 9.92. The first kappa shape index (κ1) is 8.70. The van der Waals surface area contributed by atoms with Crippen LogP contribution in [0.25, 0.3) is 0 Å². The van der Waals surface area contributed by atoms with E-state index in [0.29, 0.717) is 11.8 Å². The molecule has 70 valence electrons. The first-order chi connectivity index (χ1) is 6.18. The van der Waals surface area contributed by atoms with Crippen LogP contribution in [-0.2, 0) is 0 Å². The summed E-state index contributed by atoms with van der Waals surface area (Å²) in [5, 5.41) is 9.92. The molecule has 0 spiro atoms. The molecule has 0 aliphatic heterocycles. The van der Waals surface area contributed by atoms with Gasteiger partial charge in [0.05, 0.1) is 6.10 Å². The number of rotatable bonds is 2. The number of hydrogen-bond donors (Lipinski definition) is 1. The van der Waals surface area contributed by atoms with Gasteiger partial charge in [0.25, 0.3) is 0 Å². The van der Waals surface area contributed by atoms with Crippen molar-refractivity contribution in [1.82, 2.24) is 4.98 Å². The van der Waals surface area contributed by atoms with E-state index < -0.39 is 0 Å². The van der Waals surface area contributed by atoms with E-state index in [-0.39, 0.29) is 6.10 Å². The predicted octanol–water partition coefficient (Wildman–Crippen LogP) is 2.08. The highest BCUT2D eigenvalue weighted by molar-refractivity contribution is 5.20. The second-order valence-corrected chi connectivity index (χ2v) is 4.12. The van der Waals surface area contributed by atoms with Gasteiger partial charge in [0.1, 0.15) is 0 Å². The van der Waals surface area contributed by atoms with Crippen molar-refractivity contribution >= 4 is 0 Å². The Hall–Kier alpha value is -0.890. The molecular weight excluding hydrogens is 162 g/mol. The van der Waals surface area contributed by atoms with Gasteiger partial charge in [-0.05, 0) is 36.3 Å². The molecule has 1 fully saturated rings. The summed E-state index contributed by atoms with van der Waals surface area (Å²) >= 11 is 0. The highest BCUT2D eigenvalue weighted by Gasteiger charge is 2.39. The van der Waals surface area contributed by atoms with Gasteiger partial charge in [0, 0.05) is 12.4 Å². The lowest BCUT2D eigenvalue weighted by Gasteiger charge is -2.09. The van der Waals surface area contributed by atoms with Crippen molar-refractivity contribution < 1.29 is 5.11 Å². The minimum absolute atomic E-state index is 0.303. The van der Waals surface area contributed by atoms with E-state index in [9.17, 15) is 5.11 Å². The summed E-state index contributed by atoms with van der Waals surface area (Å²) in [5.74, 6) is 1.14. The van der Waals surface area contributed by atoms with Crippen molar-refractivity contribution in [2.75, 3.05) is 0 Å². The molecule has 0 bridgehead atoms. The van der Waals surface area contributed by atoms with Gasteiger partial charge in [-0.1, -0.05) is 13.0 Å². The highest BCUT2D eigenvalue weighted by atomic mass is 16.3. The molecule has 3 unspecified atom stereocenters.